The van der Waals surface area contributed by atoms with E-state index in [0.29, 0.717) is 33.5 Å². The number of carbonyl (C=O) groups excluding carboxylic acids is 1. The minimum atomic E-state index is -4.56. The summed E-state index contributed by atoms with van der Waals surface area (Å²) in [4.78, 5) is 33.1. The van der Waals surface area contributed by atoms with Crippen LogP contribution in [0.3, 0.4) is 0 Å². The Morgan fingerprint density at radius 2 is 1.82 bits per heavy atom. The number of benzene rings is 1. The van der Waals surface area contributed by atoms with Crippen LogP contribution in [0.2, 0.25) is 0 Å². The number of carbonyl (C=O) groups is 1. The van der Waals surface area contributed by atoms with E-state index >= 15 is 0 Å². The summed E-state index contributed by atoms with van der Waals surface area (Å²) in [6.45, 7) is -0.0722. The summed E-state index contributed by atoms with van der Waals surface area (Å²) in [5, 5.41) is 9.17. The van der Waals surface area contributed by atoms with E-state index in [0.717, 1.165) is 12.1 Å². The average molecular weight is 466 g/mol. The van der Waals surface area contributed by atoms with Gasteiger partial charge in [0.15, 0.2) is 5.82 Å². The quantitative estimate of drug-likeness (QED) is 0.484. The molecule has 0 radical (unpaired) electrons. The summed E-state index contributed by atoms with van der Waals surface area (Å²) in [5.74, 6) is 0.257. The largest absolute Gasteiger partial charge is 0.416 e. The molecule has 1 aliphatic heterocycles. The number of aliphatic hydroxyl groups excluding tert-OH is 1. The van der Waals surface area contributed by atoms with E-state index < -0.39 is 17.8 Å². The molecular formula is C23H17F3N6O2. The van der Waals surface area contributed by atoms with Gasteiger partial charge in [0.2, 0.25) is 0 Å². The molecule has 1 aromatic carbocycles. The number of fused-ring (bicyclic) bond motifs is 3. The number of pyridine rings is 2. The first-order valence-electron chi connectivity index (χ1n) is 10.2. The van der Waals surface area contributed by atoms with Crippen molar-refractivity contribution < 1.29 is 23.1 Å². The number of nitrogens with zero attached hydrogens (tertiary/aromatic N) is 6. The number of aliphatic hydroxyl groups is 1. The van der Waals surface area contributed by atoms with Crippen LogP contribution in [0.4, 0.5) is 29.3 Å². The van der Waals surface area contributed by atoms with E-state index in [4.69, 9.17) is 5.11 Å². The zero-order chi connectivity index (χ0) is 24.0. The van der Waals surface area contributed by atoms with Crippen LogP contribution in [-0.4, -0.2) is 43.0 Å². The second kappa shape index (κ2) is 8.03. The van der Waals surface area contributed by atoms with Gasteiger partial charge in [-0.25, -0.2) is 19.7 Å². The molecule has 1 N–H and O–H groups in total. The molecule has 0 bridgehead atoms. The molecule has 172 valence electrons. The van der Waals surface area contributed by atoms with Gasteiger partial charge in [-0.2, -0.15) is 13.2 Å². The second-order valence-electron chi connectivity index (χ2n) is 7.76. The molecule has 4 heterocycles. The van der Waals surface area contributed by atoms with E-state index in [1.807, 2.05) is 0 Å². The van der Waals surface area contributed by atoms with Gasteiger partial charge >= 0.3 is 12.2 Å². The van der Waals surface area contributed by atoms with Crippen LogP contribution in [0.1, 0.15) is 17.0 Å². The van der Waals surface area contributed by atoms with E-state index in [-0.39, 0.29) is 24.7 Å². The number of hydrogen-bond donors (Lipinski definition) is 1. The third-order valence-electron chi connectivity index (χ3n) is 5.49. The number of anilines is 2. The zero-order valence-corrected chi connectivity index (χ0v) is 17.8. The highest BCUT2D eigenvalue weighted by Crippen LogP contribution is 2.40. The van der Waals surface area contributed by atoms with E-state index in [1.165, 1.54) is 34.3 Å². The molecule has 0 spiro atoms. The first kappa shape index (κ1) is 21.7. The van der Waals surface area contributed by atoms with Gasteiger partial charge in [-0.05, 0) is 30.3 Å². The molecule has 2 amide bonds. The summed E-state index contributed by atoms with van der Waals surface area (Å²) in [7, 11) is 1.57. The van der Waals surface area contributed by atoms with Gasteiger partial charge < -0.3 is 10.0 Å². The zero-order valence-electron chi connectivity index (χ0n) is 17.8. The Morgan fingerprint density at radius 1 is 1.06 bits per heavy atom. The summed E-state index contributed by atoms with van der Waals surface area (Å²) < 4.78 is 40.2. The van der Waals surface area contributed by atoms with Crippen LogP contribution in [0.15, 0.2) is 55.0 Å². The predicted molar refractivity (Wildman–Crippen MR) is 117 cm³/mol. The first-order valence-corrected chi connectivity index (χ1v) is 10.2. The van der Waals surface area contributed by atoms with Crippen molar-refractivity contribution in [3.8, 4) is 11.3 Å². The molecule has 11 heteroatoms. The monoisotopic (exact) mass is 466 g/mol. The number of rotatable bonds is 3. The maximum atomic E-state index is 13.4. The van der Waals surface area contributed by atoms with Crippen LogP contribution in [0.25, 0.3) is 22.3 Å². The fourth-order valence-electron chi connectivity index (χ4n) is 3.84. The van der Waals surface area contributed by atoms with Crippen molar-refractivity contribution in [2.75, 3.05) is 11.9 Å². The summed E-state index contributed by atoms with van der Waals surface area (Å²) in [5.41, 5.74) is 2.13. The lowest BCUT2D eigenvalue weighted by Gasteiger charge is -2.35. The highest BCUT2D eigenvalue weighted by atomic mass is 19.4. The molecule has 1 aliphatic rings. The van der Waals surface area contributed by atoms with Gasteiger partial charge in [-0.15, -0.1) is 0 Å². The van der Waals surface area contributed by atoms with Crippen LogP contribution in [-0.2, 0) is 19.3 Å². The molecule has 3 aromatic heterocycles. The normalized spacial score (nSPS) is 14.0. The summed E-state index contributed by atoms with van der Waals surface area (Å²) in [6, 6.07) is 7.56. The Labute approximate surface area is 191 Å². The molecule has 0 saturated heterocycles. The lowest BCUT2D eigenvalue weighted by atomic mass is 10.1. The molecule has 0 aliphatic carbocycles. The minimum absolute atomic E-state index is 0.0722. The maximum Gasteiger partial charge on any atom is 0.416 e. The molecule has 8 nitrogen and oxygen atoms in total. The van der Waals surface area contributed by atoms with Crippen LogP contribution >= 0.6 is 0 Å². The topological polar surface area (TPSA) is 95.3 Å². The third kappa shape index (κ3) is 3.69. The van der Waals surface area contributed by atoms with Crippen molar-refractivity contribution in [1.29, 1.82) is 0 Å². The van der Waals surface area contributed by atoms with Crippen molar-refractivity contribution >= 4 is 28.4 Å². The Balaban J connectivity index is 1.72. The standard InChI is InChI=1S/C23H17F3N6O2/c1-31-11-14-10-27-18-6-5-17(13-8-28-19(12-33)29-9-13)30-20(18)21(14)32(22(31)34)16-4-2-3-15(7-16)23(24,25)26/h2-10,33H,11-12H2,1H3. The third-order valence-corrected chi connectivity index (χ3v) is 5.49. The van der Waals surface area contributed by atoms with Gasteiger partial charge in [0.1, 0.15) is 12.1 Å². The van der Waals surface area contributed by atoms with Crippen LogP contribution < -0.4 is 4.90 Å². The summed E-state index contributed by atoms with van der Waals surface area (Å²) >= 11 is 0. The van der Waals surface area contributed by atoms with Gasteiger partial charge in [0.25, 0.3) is 0 Å². The fraction of sp³-hybridized carbons (Fsp3) is 0.174. The number of hydrogen-bond acceptors (Lipinski definition) is 6. The molecule has 5 rings (SSSR count). The van der Waals surface area contributed by atoms with Gasteiger partial charge in [0, 0.05) is 36.8 Å². The van der Waals surface area contributed by atoms with Gasteiger partial charge in [0.05, 0.1) is 34.7 Å². The molecule has 0 saturated carbocycles. The van der Waals surface area contributed by atoms with Crippen molar-refractivity contribution in [2.24, 2.45) is 0 Å². The SMILES string of the molecule is CN1Cc2cnc3ccc(-c4cnc(CO)nc4)nc3c2N(c2cccc(C(F)(F)F)c2)C1=O. The van der Waals surface area contributed by atoms with Crippen LogP contribution in [0.5, 0.6) is 0 Å². The van der Waals surface area contributed by atoms with E-state index in [1.54, 1.807) is 25.4 Å². The van der Waals surface area contributed by atoms with E-state index in [2.05, 4.69) is 19.9 Å². The van der Waals surface area contributed by atoms with E-state index in [9.17, 15) is 18.0 Å². The Bertz CT molecular complexity index is 1410. The number of amides is 2. The molecular weight excluding hydrogens is 449 g/mol. The van der Waals surface area contributed by atoms with Crippen molar-refractivity contribution in [3.05, 3.63) is 71.9 Å². The Kier molecular flexibility index (Phi) is 5.13. The smallest absolute Gasteiger partial charge is 0.388 e. The van der Waals surface area contributed by atoms with Crippen molar-refractivity contribution in [3.63, 3.8) is 0 Å². The Hall–Kier alpha value is -4.12. The maximum absolute atomic E-state index is 13.4. The predicted octanol–water partition coefficient (Wildman–Crippen LogP) is 4.30. The molecule has 0 atom stereocenters. The lowest BCUT2D eigenvalue weighted by molar-refractivity contribution is -0.137. The number of aromatic nitrogens is 4. The fourth-order valence-corrected chi connectivity index (χ4v) is 3.84. The van der Waals surface area contributed by atoms with Crippen molar-refractivity contribution in [2.45, 2.75) is 19.3 Å². The second-order valence-corrected chi connectivity index (χ2v) is 7.76. The van der Waals surface area contributed by atoms with Crippen LogP contribution in [0, 0.1) is 0 Å². The molecule has 4 aromatic rings. The van der Waals surface area contributed by atoms with Gasteiger partial charge in [-0.3, -0.25) is 9.88 Å². The highest BCUT2D eigenvalue weighted by Gasteiger charge is 2.35. The van der Waals surface area contributed by atoms with Crippen molar-refractivity contribution in [1.82, 2.24) is 24.8 Å². The minimum Gasteiger partial charge on any atom is -0.388 e. The Morgan fingerprint density at radius 3 is 2.53 bits per heavy atom. The summed E-state index contributed by atoms with van der Waals surface area (Å²) in [6.07, 6.45) is 0.0653. The molecule has 0 fully saturated rings. The number of urea groups is 1. The van der Waals surface area contributed by atoms with Gasteiger partial charge in [-0.1, -0.05) is 6.07 Å². The lowest BCUT2D eigenvalue weighted by Crippen LogP contribution is -2.42. The molecule has 0 unspecified atom stereocenters. The first-order chi connectivity index (χ1) is 16.3. The average Bonchev–Trinajstić information content (AvgIpc) is 2.84. The highest BCUT2D eigenvalue weighted by molar-refractivity contribution is 6.08. The number of halogens is 3. The molecule has 34 heavy (non-hydrogen) atoms. The number of alkyl halides is 3.